The monoisotopic (exact) mass is 370 g/mol. The lowest BCUT2D eigenvalue weighted by atomic mass is 10.2. The van der Waals surface area contributed by atoms with Crippen LogP contribution < -0.4 is 5.32 Å². The fraction of sp³-hybridized carbons (Fsp3) is 0.316. The van der Waals surface area contributed by atoms with Crippen LogP contribution in [0.1, 0.15) is 28.9 Å². The molecule has 1 aromatic carbocycles. The molecule has 1 atom stereocenters. The van der Waals surface area contributed by atoms with Gasteiger partial charge in [-0.1, -0.05) is 29.8 Å². The van der Waals surface area contributed by atoms with E-state index in [1.807, 2.05) is 37.3 Å². The summed E-state index contributed by atoms with van der Waals surface area (Å²) in [7, 11) is 0. The van der Waals surface area contributed by atoms with E-state index in [9.17, 15) is 4.79 Å². The zero-order chi connectivity index (χ0) is 18.1. The van der Waals surface area contributed by atoms with Gasteiger partial charge < -0.3 is 10.1 Å². The van der Waals surface area contributed by atoms with Crippen molar-refractivity contribution in [2.45, 2.75) is 25.9 Å². The highest BCUT2D eigenvalue weighted by atomic mass is 35.5. The summed E-state index contributed by atoms with van der Waals surface area (Å²) in [5.41, 5.74) is 2.61. The molecule has 134 valence electrons. The maximum absolute atomic E-state index is 12.5. The molecule has 1 saturated heterocycles. The number of carbonyl (C=O) groups is 1. The summed E-state index contributed by atoms with van der Waals surface area (Å²) in [6.07, 6.45) is 3.59. The number of hydrogen-bond acceptors (Lipinski definition) is 4. The van der Waals surface area contributed by atoms with Gasteiger partial charge in [0.2, 0.25) is 0 Å². The Morgan fingerprint density at radius 3 is 2.92 bits per heavy atom. The zero-order valence-corrected chi connectivity index (χ0v) is 15.2. The van der Waals surface area contributed by atoms with Crippen LogP contribution in [0.25, 0.3) is 16.7 Å². The summed E-state index contributed by atoms with van der Waals surface area (Å²) < 4.78 is 7.28. The maximum atomic E-state index is 12.5. The van der Waals surface area contributed by atoms with Gasteiger partial charge in [0.1, 0.15) is 0 Å². The van der Waals surface area contributed by atoms with E-state index >= 15 is 0 Å². The van der Waals surface area contributed by atoms with Gasteiger partial charge >= 0.3 is 0 Å². The van der Waals surface area contributed by atoms with E-state index in [1.54, 1.807) is 4.68 Å². The maximum Gasteiger partial charge on any atom is 0.254 e. The summed E-state index contributed by atoms with van der Waals surface area (Å²) in [5, 5.41) is 8.51. The van der Waals surface area contributed by atoms with Crippen molar-refractivity contribution in [3.8, 4) is 5.69 Å². The van der Waals surface area contributed by atoms with E-state index in [0.717, 1.165) is 30.8 Å². The van der Waals surface area contributed by atoms with Crippen molar-refractivity contribution < 1.29 is 9.53 Å². The highest BCUT2D eigenvalue weighted by Crippen LogP contribution is 2.29. The SMILES string of the molecule is Cc1nn(-c2ccccc2)c2ncc(C(=O)NC[C@@H]3CCCO3)c(Cl)c12. The molecule has 0 saturated carbocycles. The predicted octanol–water partition coefficient (Wildman–Crippen LogP) is 3.29. The molecule has 1 amide bonds. The number of benzene rings is 1. The van der Waals surface area contributed by atoms with Crippen LogP contribution in [0.15, 0.2) is 36.5 Å². The number of hydrogen-bond donors (Lipinski definition) is 1. The normalized spacial score (nSPS) is 16.9. The van der Waals surface area contributed by atoms with E-state index in [2.05, 4.69) is 15.4 Å². The van der Waals surface area contributed by atoms with Crippen LogP contribution >= 0.6 is 11.6 Å². The number of rotatable bonds is 4. The first-order valence-corrected chi connectivity index (χ1v) is 9.02. The van der Waals surface area contributed by atoms with E-state index in [1.165, 1.54) is 6.20 Å². The Morgan fingerprint density at radius 1 is 1.38 bits per heavy atom. The lowest BCUT2D eigenvalue weighted by molar-refractivity contribution is 0.0857. The topological polar surface area (TPSA) is 69.0 Å². The standard InChI is InChI=1S/C19H19ClN4O2/c1-12-16-17(20)15(19(25)22-10-14-8-5-9-26-14)11-21-18(16)24(23-12)13-6-3-2-4-7-13/h2-4,6-7,11,14H,5,8-10H2,1H3,(H,22,25)/t14-/m0/s1. The third-order valence-corrected chi connectivity index (χ3v) is 4.96. The largest absolute Gasteiger partial charge is 0.376 e. The molecule has 26 heavy (non-hydrogen) atoms. The highest BCUT2D eigenvalue weighted by Gasteiger charge is 2.21. The zero-order valence-electron chi connectivity index (χ0n) is 14.4. The van der Waals surface area contributed by atoms with Gasteiger partial charge in [0.05, 0.1) is 33.5 Å². The van der Waals surface area contributed by atoms with Gasteiger partial charge in [-0.05, 0) is 31.9 Å². The molecule has 2 aromatic heterocycles. The van der Waals surface area contributed by atoms with E-state index < -0.39 is 0 Å². The lowest BCUT2D eigenvalue weighted by Gasteiger charge is -2.11. The number of fused-ring (bicyclic) bond motifs is 1. The number of halogens is 1. The van der Waals surface area contributed by atoms with Crippen LogP contribution in [-0.2, 0) is 4.74 Å². The molecule has 1 fully saturated rings. The third kappa shape index (κ3) is 3.06. The minimum absolute atomic E-state index is 0.0805. The van der Waals surface area contributed by atoms with Crippen molar-refractivity contribution in [1.82, 2.24) is 20.1 Å². The summed E-state index contributed by atoms with van der Waals surface area (Å²) >= 11 is 6.55. The van der Waals surface area contributed by atoms with Crippen LogP contribution in [-0.4, -0.2) is 39.9 Å². The quantitative estimate of drug-likeness (QED) is 0.765. The van der Waals surface area contributed by atoms with Crippen molar-refractivity contribution in [1.29, 1.82) is 0 Å². The Hall–Kier alpha value is -2.44. The van der Waals surface area contributed by atoms with Gasteiger partial charge in [0.25, 0.3) is 5.91 Å². The number of aromatic nitrogens is 3. The molecule has 1 aliphatic rings. The molecule has 3 heterocycles. The van der Waals surface area contributed by atoms with Gasteiger partial charge in [0.15, 0.2) is 5.65 Å². The predicted molar refractivity (Wildman–Crippen MR) is 99.9 cm³/mol. The summed E-state index contributed by atoms with van der Waals surface area (Å²) in [6, 6.07) is 9.71. The Kier molecular flexibility index (Phi) is 4.61. The van der Waals surface area contributed by atoms with Crippen molar-refractivity contribution in [3.05, 3.63) is 52.8 Å². The molecule has 7 heteroatoms. The van der Waals surface area contributed by atoms with Gasteiger partial charge in [-0.15, -0.1) is 0 Å². The van der Waals surface area contributed by atoms with Gasteiger partial charge in [-0.3, -0.25) is 4.79 Å². The average Bonchev–Trinajstić information content (AvgIpc) is 3.29. The second-order valence-electron chi connectivity index (χ2n) is 6.36. The first-order chi connectivity index (χ1) is 12.6. The Morgan fingerprint density at radius 2 is 2.19 bits per heavy atom. The van der Waals surface area contributed by atoms with Crippen LogP contribution in [0.5, 0.6) is 0 Å². The first kappa shape index (κ1) is 17.0. The molecule has 3 aromatic rings. The average molecular weight is 371 g/mol. The van der Waals surface area contributed by atoms with Gasteiger partial charge in [-0.2, -0.15) is 5.10 Å². The molecule has 0 unspecified atom stereocenters. The highest BCUT2D eigenvalue weighted by molar-refractivity contribution is 6.38. The van der Waals surface area contributed by atoms with Gasteiger partial charge in [-0.25, -0.2) is 9.67 Å². The Labute approximate surface area is 156 Å². The van der Waals surface area contributed by atoms with Crippen molar-refractivity contribution in [3.63, 3.8) is 0 Å². The number of para-hydroxylation sites is 1. The second kappa shape index (κ2) is 7.05. The minimum Gasteiger partial charge on any atom is -0.376 e. The molecule has 0 aliphatic carbocycles. The second-order valence-corrected chi connectivity index (χ2v) is 6.74. The number of aryl methyl sites for hydroxylation is 1. The van der Waals surface area contributed by atoms with Crippen LogP contribution in [0, 0.1) is 6.92 Å². The number of pyridine rings is 1. The van der Waals surface area contributed by atoms with Crippen molar-refractivity contribution in [2.75, 3.05) is 13.2 Å². The van der Waals surface area contributed by atoms with E-state index in [-0.39, 0.29) is 12.0 Å². The number of amides is 1. The molecule has 6 nitrogen and oxygen atoms in total. The lowest BCUT2D eigenvalue weighted by Crippen LogP contribution is -2.32. The summed E-state index contributed by atoms with van der Waals surface area (Å²) in [6.45, 7) is 3.10. The number of carbonyl (C=O) groups excluding carboxylic acids is 1. The van der Waals surface area contributed by atoms with Crippen molar-refractivity contribution in [2.24, 2.45) is 0 Å². The van der Waals surface area contributed by atoms with Crippen LogP contribution in [0.4, 0.5) is 0 Å². The van der Waals surface area contributed by atoms with E-state index in [0.29, 0.717) is 28.2 Å². The first-order valence-electron chi connectivity index (χ1n) is 8.64. The molecule has 0 spiro atoms. The molecular weight excluding hydrogens is 352 g/mol. The molecule has 4 rings (SSSR count). The smallest absolute Gasteiger partial charge is 0.254 e. The molecular formula is C19H19ClN4O2. The fourth-order valence-corrected chi connectivity index (χ4v) is 3.58. The minimum atomic E-state index is -0.244. The molecule has 0 bridgehead atoms. The third-order valence-electron chi connectivity index (χ3n) is 4.57. The number of ether oxygens (including phenoxy) is 1. The summed E-state index contributed by atoms with van der Waals surface area (Å²) in [4.78, 5) is 17.0. The number of nitrogens with one attached hydrogen (secondary N) is 1. The molecule has 1 N–H and O–H groups in total. The van der Waals surface area contributed by atoms with Crippen LogP contribution in [0.2, 0.25) is 5.02 Å². The molecule has 0 radical (unpaired) electrons. The molecule has 1 aliphatic heterocycles. The summed E-state index contributed by atoms with van der Waals surface area (Å²) in [5.74, 6) is -0.244. The number of nitrogens with zero attached hydrogens (tertiary/aromatic N) is 3. The van der Waals surface area contributed by atoms with E-state index in [4.69, 9.17) is 16.3 Å². The Bertz CT molecular complexity index is 949. The fourth-order valence-electron chi connectivity index (χ4n) is 3.22. The van der Waals surface area contributed by atoms with Crippen LogP contribution in [0.3, 0.4) is 0 Å². The Balaban J connectivity index is 1.66. The van der Waals surface area contributed by atoms with Crippen molar-refractivity contribution >= 4 is 28.5 Å². The van der Waals surface area contributed by atoms with Gasteiger partial charge in [0, 0.05) is 19.3 Å².